The van der Waals surface area contributed by atoms with Gasteiger partial charge < -0.3 is 45.1 Å². The predicted molar refractivity (Wildman–Crippen MR) is 382 cm³/mol. The van der Waals surface area contributed by atoms with E-state index in [1.165, 1.54) is 22.3 Å². The lowest BCUT2D eigenvalue weighted by Gasteiger charge is -2.33. The molecule has 4 N–H and O–H groups in total. The van der Waals surface area contributed by atoms with Crippen molar-refractivity contribution in [1.29, 1.82) is 0 Å². The van der Waals surface area contributed by atoms with E-state index in [1.54, 1.807) is 25.5 Å². The molecule has 11 rings (SSSR count). The maximum atomic E-state index is 13.4. The predicted octanol–water partition coefficient (Wildman–Crippen LogP) is 11.7. The number of para-hydroxylation sites is 1. The third kappa shape index (κ3) is 24.6. The Bertz CT molecular complexity index is 3470. The highest BCUT2D eigenvalue weighted by Gasteiger charge is 2.31. The van der Waals surface area contributed by atoms with E-state index in [0.717, 1.165) is 124 Å². The van der Waals surface area contributed by atoms with Gasteiger partial charge in [-0.25, -0.2) is 0 Å². The molecule has 0 spiro atoms. The Labute approximate surface area is 568 Å². The van der Waals surface area contributed by atoms with Gasteiger partial charge in [0, 0.05) is 79.8 Å². The molecule has 3 saturated heterocycles. The van der Waals surface area contributed by atoms with Crippen molar-refractivity contribution in [2.24, 2.45) is 11.8 Å². The summed E-state index contributed by atoms with van der Waals surface area (Å²) in [7, 11) is 3.62. The lowest BCUT2D eigenvalue weighted by molar-refractivity contribution is -0.136. The van der Waals surface area contributed by atoms with E-state index in [1.807, 2.05) is 101 Å². The van der Waals surface area contributed by atoms with Gasteiger partial charge in [0.25, 0.3) is 0 Å². The zero-order valence-electron chi connectivity index (χ0n) is 56.4. The SMILES string of the molecule is CN(CC(=O)N1CCC(C(=O)NC(CCCc2ccccc2)CCCc2ccccc2)CC1)C[C@@H](O)COc1ccnc2ccccc12.CNCC(=O)N1CCC(C(=O)NC(CCCc2ccccc2)CCCc2ccccc2)CC1.c1cc(OCC2CO2)c2cccnc2c1. The molecule has 3 fully saturated rings. The molecule has 0 bridgehead atoms. The summed E-state index contributed by atoms with van der Waals surface area (Å²) in [6, 6.07) is 61.9. The second-order valence-electron chi connectivity index (χ2n) is 25.8. The number of epoxide rings is 1. The second kappa shape index (κ2) is 39.5. The maximum Gasteiger partial charge on any atom is 0.236 e. The Morgan fingerprint density at radius 3 is 1.42 bits per heavy atom. The van der Waals surface area contributed by atoms with Crippen molar-refractivity contribution in [3.8, 4) is 11.5 Å². The molecule has 0 saturated carbocycles. The van der Waals surface area contributed by atoms with Gasteiger partial charge in [-0.3, -0.25) is 34.0 Å². The Hall–Kier alpha value is -8.54. The van der Waals surface area contributed by atoms with Crippen LogP contribution < -0.4 is 25.4 Å². The summed E-state index contributed by atoms with van der Waals surface area (Å²) in [6.45, 7) is 4.93. The topological polar surface area (TPSA) is 191 Å². The smallest absolute Gasteiger partial charge is 0.236 e. The van der Waals surface area contributed by atoms with Gasteiger partial charge in [0.1, 0.15) is 36.9 Å². The molecule has 508 valence electrons. The van der Waals surface area contributed by atoms with Crippen molar-refractivity contribution in [1.82, 2.24) is 40.6 Å². The Balaban J connectivity index is 0.000000192. The number of hydrogen-bond donors (Lipinski definition) is 4. The van der Waals surface area contributed by atoms with Crippen LogP contribution in [0.3, 0.4) is 0 Å². The van der Waals surface area contributed by atoms with Crippen molar-refractivity contribution in [2.45, 2.75) is 127 Å². The first kappa shape index (κ1) is 71.7. The molecule has 2 atom stereocenters. The highest BCUT2D eigenvalue weighted by atomic mass is 16.6. The quantitative estimate of drug-likeness (QED) is 0.0292. The van der Waals surface area contributed by atoms with E-state index < -0.39 is 6.10 Å². The molecular formula is C80H100N8O8. The molecule has 3 aliphatic heterocycles. The third-order valence-electron chi connectivity index (χ3n) is 18.3. The Kier molecular flexibility index (Phi) is 29.5. The van der Waals surface area contributed by atoms with Crippen LogP contribution in [-0.2, 0) is 49.6 Å². The van der Waals surface area contributed by atoms with Crippen LogP contribution in [0.2, 0.25) is 0 Å². The number of aryl methyl sites for hydroxylation is 4. The fraction of sp³-hybridized carbons (Fsp3) is 0.425. The average Bonchev–Trinajstić information content (AvgIpc) is 1.13. The molecule has 96 heavy (non-hydrogen) atoms. The van der Waals surface area contributed by atoms with Gasteiger partial charge in [-0.1, -0.05) is 140 Å². The number of amides is 4. The van der Waals surface area contributed by atoms with Gasteiger partial charge >= 0.3 is 0 Å². The van der Waals surface area contributed by atoms with Crippen molar-refractivity contribution in [3.63, 3.8) is 0 Å². The number of aromatic nitrogens is 2. The number of piperidine rings is 2. The molecule has 5 heterocycles. The van der Waals surface area contributed by atoms with Gasteiger partial charge in [-0.05, 0) is 182 Å². The van der Waals surface area contributed by atoms with E-state index in [0.29, 0.717) is 64.5 Å². The van der Waals surface area contributed by atoms with E-state index in [4.69, 9.17) is 14.2 Å². The van der Waals surface area contributed by atoms with E-state index in [2.05, 4.69) is 123 Å². The number of rotatable bonds is 32. The highest BCUT2D eigenvalue weighted by Crippen LogP contribution is 2.27. The van der Waals surface area contributed by atoms with Gasteiger partial charge in [0.15, 0.2) is 0 Å². The molecule has 0 aliphatic carbocycles. The van der Waals surface area contributed by atoms with E-state index >= 15 is 0 Å². The van der Waals surface area contributed by atoms with Gasteiger partial charge in [0.2, 0.25) is 23.6 Å². The largest absolute Gasteiger partial charge is 0.490 e. The van der Waals surface area contributed by atoms with Crippen LogP contribution in [0.5, 0.6) is 11.5 Å². The van der Waals surface area contributed by atoms with Crippen LogP contribution in [0.15, 0.2) is 194 Å². The summed E-state index contributed by atoms with van der Waals surface area (Å²) in [5, 5.41) is 22.3. The highest BCUT2D eigenvalue weighted by molar-refractivity contribution is 5.86. The second-order valence-corrected chi connectivity index (χ2v) is 25.8. The number of ether oxygens (including phenoxy) is 3. The van der Waals surface area contributed by atoms with Crippen LogP contribution in [0.1, 0.15) is 99.3 Å². The van der Waals surface area contributed by atoms with E-state index in [-0.39, 0.29) is 66.8 Å². The lowest BCUT2D eigenvalue weighted by atomic mass is 9.94. The van der Waals surface area contributed by atoms with Gasteiger partial charge in [-0.15, -0.1) is 0 Å². The number of nitrogens with one attached hydrogen (secondary N) is 3. The number of likely N-dealkylation sites (tertiary alicyclic amines) is 2. The number of aliphatic hydroxyl groups excluding tert-OH is 1. The number of pyridine rings is 2. The number of nitrogens with zero attached hydrogens (tertiary/aromatic N) is 5. The number of aliphatic hydroxyl groups is 1. The molecule has 16 heteroatoms. The Morgan fingerprint density at radius 2 is 0.948 bits per heavy atom. The first-order valence-corrected chi connectivity index (χ1v) is 34.9. The zero-order chi connectivity index (χ0) is 66.9. The number of fused-ring (bicyclic) bond motifs is 2. The lowest BCUT2D eigenvalue weighted by Crippen LogP contribution is -2.48. The minimum Gasteiger partial charge on any atom is -0.490 e. The van der Waals surface area contributed by atoms with Crippen LogP contribution in [0.4, 0.5) is 0 Å². The molecular weight excluding hydrogens is 1200 g/mol. The molecule has 2 aromatic heterocycles. The monoisotopic (exact) mass is 1300 g/mol. The zero-order valence-corrected chi connectivity index (χ0v) is 56.4. The fourth-order valence-electron chi connectivity index (χ4n) is 12.8. The fourth-order valence-corrected chi connectivity index (χ4v) is 12.8. The van der Waals surface area contributed by atoms with Crippen molar-refractivity contribution < 1.29 is 38.5 Å². The Morgan fingerprint density at radius 1 is 0.531 bits per heavy atom. The number of carbonyl (C=O) groups is 4. The molecule has 3 aliphatic rings. The maximum absolute atomic E-state index is 13.4. The van der Waals surface area contributed by atoms with Crippen molar-refractivity contribution in [3.05, 3.63) is 217 Å². The summed E-state index contributed by atoms with van der Waals surface area (Å²) in [4.78, 5) is 65.8. The van der Waals surface area contributed by atoms with Crippen molar-refractivity contribution >= 4 is 45.4 Å². The number of benzene rings is 6. The minimum atomic E-state index is -0.752. The minimum absolute atomic E-state index is 0.00869. The number of likely N-dealkylation sites (N-methyl/N-ethyl adjacent to an activating group) is 2. The normalized spacial score (nSPS) is 15.1. The standard InChI is InChI=1S/C40H50N4O4.C28H39N3O2.C12H11NO2/c1-43(28-35(45)30-48-38-22-25-41-37-21-9-8-20-36(37)38)29-39(46)44-26-23-33(24-27-44)40(47)42-34(18-10-16-31-12-4-2-5-13-31)19-11-17-32-14-6-3-7-15-32;1-29-22-27(32)31-20-18-25(19-21-31)28(33)30-26(16-8-14-23-10-4-2-5-11-23)17-9-15-24-12-6-3-7-13-24;1-4-11-10(3-2-6-13-11)12(5-1)15-8-9-7-14-9/h2-9,12-15,20-22,25,33-35,45H,10-11,16-19,23-24,26-30H2,1H3,(H,42,47);2-7,10-13,25-26,29H,8-9,14-22H2,1H3,(H,30,33);1-6,9H,7-8H2/t35-;;/m1../s1. The van der Waals surface area contributed by atoms with Crippen molar-refractivity contribution in [2.75, 3.05) is 79.7 Å². The molecule has 4 amide bonds. The van der Waals surface area contributed by atoms with Crippen LogP contribution in [0.25, 0.3) is 21.8 Å². The summed E-state index contributed by atoms with van der Waals surface area (Å²) in [5.41, 5.74) is 7.17. The summed E-state index contributed by atoms with van der Waals surface area (Å²) in [6.07, 6.45) is 18.0. The third-order valence-corrected chi connectivity index (χ3v) is 18.3. The van der Waals surface area contributed by atoms with Gasteiger partial charge in [0.05, 0.1) is 30.7 Å². The summed E-state index contributed by atoms with van der Waals surface area (Å²) >= 11 is 0. The van der Waals surface area contributed by atoms with Gasteiger partial charge in [-0.2, -0.15) is 0 Å². The first-order chi connectivity index (χ1) is 47.0. The molecule has 6 aromatic carbocycles. The van der Waals surface area contributed by atoms with E-state index in [9.17, 15) is 24.3 Å². The molecule has 8 aromatic rings. The van der Waals surface area contributed by atoms with Crippen LogP contribution in [0, 0.1) is 11.8 Å². The summed E-state index contributed by atoms with van der Waals surface area (Å²) < 4.78 is 16.7. The van der Waals surface area contributed by atoms with Crippen LogP contribution in [-0.4, -0.2) is 157 Å². The number of carbonyl (C=O) groups excluding carboxylic acids is 4. The molecule has 16 nitrogen and oxygen atoms in total. The number of hydrogen-bond acceptors (Lipinski definition) is 12. The molecule has 0 radical (unpaired) electrons. The van der Waals surface area contributed by atoms with Crippen LogP contribution >= 0.6 is 0 Å². The molecule has 1 unspecified atom stereocenters. The summed E-state index contributed by atoms with van der Waals surface area (Å²) in [5.74, 6) is 1.91. The first-order valence-electron chi connectivity index (χ1n) is 34.9. The average molecular weight is 1300 g/mol.